The standard InChI is InChI=1S/C23H28N2O4/c1-25-19(13-18(22(25)26)9-5-6-12-24)15-29-21-11-10-17(14-20(21)23(27)28)16-7-3-2-4-8-16/h2-4,7-8,10-11,14,18-19H,5-6,9,12-13,15,24H2,1H3,(H,27,28)/t18-,19+/m1/s1. The van der Waals surface area contributed by atoms with Gasteiger partial charge in [0.05, 0.1) is 6.04 Å². The van der Waals surface area contributed by atoms with Gasteiger partial charge in [-0.1, -0.05) is 42.8 Å². The summed E-state index contributed by atoms with van der Waals surface area (Å²) in [6.07, 6.45) is 3.43. The second-order valence-corrected chi connectivity index (χ2v) is 7.51. The molecule has 3 N–H and O–H groups in total. The van der Waals surface area contributed by atoms with Gasteiger partial charge in [0.2, 0.25) is 5.91 Å². The van der Waals surface area contributed by atoms with Gasteiger partial charge >= 0.3 is 5.97 Å². The van der Waals surface area contributed by atoms with Crippen LogP contribution in [0.4, 0.5) is 0 Å². The molecule has 1 saturated heterocycles. The van der Waals surface area contributed by atoms with E-state index in [1.54, 1.807) is 24.1 Å². The molecule has 1 aliphatic heterocycles. The molecule has 1 aliphatic rings. The fraction of sp³-hybridized carbons (Fsp3) is 0.391. The Kier molecular flexibility index (Phi) is 6.88. The minimum absolute atomic E-state index is 0.000416. The van der Waals surface area contributed by atoms with Crippen LogP contribution in [0.5, 0.6) is 5.75 Å². The van der Waals surface area contributed by atoms with Crippen LogP contribution in [0.25, 0.3) is 11.1 Å². The molecule has 1 fully saturated rings. The number of ether oxygens (including phenoxy) is 1. The summed E-state index contributed by atoms with van der Waals surface area (Å²) in [4.78, 5) is 25.9. The molecule has 29 heavy (non-hydrogen) atoms. The maximum absolute atomic E-state index is 12.4. The van der Waals surface area contributed by atoms with Gasteiger partial charge in [-0.05, 0) is 49.1 Å². The summed E-state index contributed by atoms with van der Waals surface area (Å²) < 4.78 is 5.87. The van der Waals surface area contributed by atoms with Crippen molar-refractivity contribution in [1.82, 2.24) is 4.90 Å². The number of rotatable bonds is 9. The van der Waals surface area contributed by atoms with Gasteiger partial charge in [-0.15, -0.1) is 0 Å². The predicted molar refractivity (Wildman–Crippen MR) is 112 cm³/mol. The third-order valence-corrected chi connectivity index (χ3v) is 5.56. The molecule has 0 unspecified atom stereocenters. The molecule has 1 heterocycles. The molecule has 0 aliphatic carbocycles. The van der Waals surface area contributed by atoms with Crippen LogP contribution >= 0.6 is 0 Å². The Labute approximate surface area is 171 Å². The van der Waals surface area contributed by atoms with E-state index in [0.29, 0.717) is 12.3 Å². The zero-order valence-corrected chi connectivity index (χ0v) is 16.7. The van der Waals surface area contributed by atoms with Crippen molar-refractivity contribution in [1.29, 1.82) is 0 Å². The lowest BCUT2D eigenvalue weighted by Crippen LogP contribution is -2.34. The number of amides is 1. The summed E-state index contributed by atoms with van der Waals surface area (Å²) in [5.41, 5.74) is 7.43. The molecule has 2 aromatic rings. The predicted octanol–water partition coefficient (Wildman–Crippen LogP) is 3.41. The van der Waals surface area contributed by atoms with Crippen molar-refractivity contribution < 1.29 is 19.4 Å². The minimum atomic E-state index is -1.03. The van der Waals surface area contributed by atoms with Crippen molar-refractivity contribution in [2.45, 2.75) is 31.7 Å². The quantitative estimate of drug-likeness (QED) is 0.634. The first kappa shape index (κ1) is 20.9. The molecular weight excluding hydrogens is 368 g/mol. The Morgan fingerprint density at radius 2 is 1.93 bits per heavy atom. The lowest BCUT2D eigenvalue weighted by molar-refractivity contribution is -0.131. The Morgan fingerprint density at radius 3 is 2.62 bits per heavy atom. The summed E-state index contributed by atoms with van der Waals surface area (Å²) in [6.45, 7) is 0.917. The topological polar surface area (TPSA) is 92.9 Å². The van der Waals surface area contributed by atoms with Gasteiger partial charge < -0.3 is 20.5 Å². The van der Waals surface area contributed by atoms with Crippen LogP contribution in [0, 0.1) is 5.92 Å². The summed E-state index contributed by atoms with van der Waals surface area (Å²) in [5, 5.41) is 9.63. The number of carboxylic acid groups (broad SMARTS) is 1. The summed E-state index contributed by atoms with van der Waals surface area (Å²) >= 11 is 0. The normalized spacial score (nSPS) is 18.8. The molecular formula is C23H28N2O4. The van der Waals surface area contributed by atoms with Crippen molar-refractivity contribution >= 4 is 11.9 Å². The Hall–Kier alpha value is -2.86. The number of unbranched alkanes of at least 4 members (excludes halogenated alkanes) is 1. The molecule has 0 radical (unpaired) electrons. The maximum Gasteiger partial charge on any atom is 0.339 e. The van der Waals surface area contributed by atoms with E-state index in [1.165, 1.54) is 0 Å². The number of likely N-dealkylation sites (tertiary alicyclic amines) is 1. The van der Waals surface area contributed by atoms with Gasteiger partial charge in [-0.2, -0.15) is 0 Å². The van der Waals surface area contributed by atoms with Crippen molar-refractivity contribution in [2.75, 3.05) is 20.2 Å². The number of hydrogen-bond acceptors (Lipinski definition) is 4. The number of nitrogens with zero attached hydrogens (tertiary/aromatic N) is 1. The van der Waals surface area contributed by atoms with Gasteiger partial charge in [0.25, 0.3) is 0 Å². The molecule has 2 aromatic carbocycles. The fourth-order valence-corrected chi connectivity index (χ4v) is 3.83. The van der Waals surface area contributed by atoms with Crippen LogP contribution < -0.4 is 10.5 Å². The van der Waals surface area contributed by atoms with Crippen LogP contribution in [0.3, 0.4) is 0 Å². The van der Waals surface area contributed by atoms with Crippen molar-refractivity contribution in [3.8, 4) is 16.9 Å². The van der Waals surface area contributed by atoms with Gasteiger partial charge in [-0.3, -0.25) is 4.79 Å². The van der Waals surface area contributed by atoms with Crippen LogP contribution in [0.1, 0.15) is 36.0 Å². The first-order valence-electron chi connectivity index (χ1n) is 10.0. The highest BCUT2D eigenvalue weighted by Crippen LogP contribution is 2.30. The van der Waals surface area contributed by atoms with E-state index < -0.39 is 5.97 Å². The van der Waals surface area contributed by atoms with E-state index in [9.17, 15) is 14.7 Å². The second kappa shape index (κ2) is 9.56. The third kappa shape index (κ3) is 4.95. The van der Waals surface area contributed by atoms with E-state index >= 15 is 0 Å². The summed E-state index contributed by atoms with van der Waals surface area (Å²) in [5.74, 6) is -0.578. The van der Waals surface area contributed by atoms with Crippen LogP contribution in [-0.4, -0.2) is 48.1 Å². The number of carbonyl (C=O) groups is 2. The molecule has 6 nitrogen and oxygen atoms in total. The molecule has 154 valence electrons. The maximum atomic E-state index is 12.4. The van der Waals surface area contributed by atoms with Gasteiger partial charge in [-0.25, -0.2) is 4.79 Å². The Bertz CT molecular complexity index is 853. The highest BCUT2D eigenvalue weighted by molar-refractivity contribution is 5.92. The third-order valence-electron chi connectivity index (χ3n) is 5.56. The largest absolute Gasteiger partial charge is 0.491 e. The molecule has 1 amide bonds. The number of aromatic carboxylic acids is 1. The van der Waals surface area contributed by atoms with E-state index in [0.717, 1.165) is 36.8 Å². The zero-order valence-electron chi connectivity index (χ0n) is 16.7. The lowest BCUT2D eigenvalue weighted by atomic mass is 9.98. The first-order chi connectivity index (χ1) is 14.0. The molecule has 0 saturated carbocycles. The lowest BCUT2D eigenvalue weighted by Gasteiger charge is -2.20. The van der Waals surface area contributed by atoms with E-state index in [2.05, 4.69) is 0 Å². The monoisotopic (exact) mass is 396 g/mol. The van der Waals surface area contributed by atoms with Crippen molar-refractivity contribution in [3.63, 3.8) is 0 Å². The SMILES string of the molecule is CN1C(=O)[C@H](CCCCN)C[C@H]1COc1ccc(-c2ccccc2)cc1C(=O)O. The second-order valence-electron chi connectivity index (χ2n) is 7.51. The van der Waals surface area contributed by atoms with Crippen LogP contribution in [0.2, 0.25) is 0 Å². The number of nitrogens with two attached hydrogens (primary N) is 1. The number of carbonyl (C=O) groups excluding carboxylic acids is 1. The average molecular weight is 396 g/mol. The number of carboxylic acids is 1. The van der Waals surface area contributed by atoms with Gasteiger partial charge in [0, 0.05) is 13.0 Å². The Morgan fingerprint density at radius 1 is 1.17 bits per heavy atom. The molecule has 2 atom stereocenters. The minimum Gasteiger partial charge on any atom is -0.491 e. The number of benzene rings is 2. The van der Waals surface area contributed by atoms with Gasteiger partial charge in [0.15, 0.2) is 0 Å². The Balaban J connectivity index is 1.68. The van der Waals surface area contributed by atoms with Crippen LogP contribution in [-0.2, 0) is 4.79 Å². The zero-order chi connectivity index (χ0) is 20.8. The smallest absolute Gasteiger partial charge is 0.339 e. The van der Waals surface area contributed by atoms with E-state index in [-0.39, 0.29) is 30.0 Å². The van der Waals surface area contributed by atoms with Crippen molar-refractivity contribution in [3.05, 3.63) is 54.1 Å². The van der Waals surface area contributed by atoms with E-state index in [4.69, 9.17) is 10.5 Å². The van der Waals surface area contributed by atoms with Gasteiger partial charge in [0.1, 0.15) is 17.9 Å². The average Bonchev–Trinajstić information content (AvgIpc) is 3.01. The molecule has 6 heteroatoms. The fourth-order valence-electron chi connectivity index (χ4n) is 3.83. The molecule has 0 bridgehead atoms. The highest BCUT2D eigenvalue weighted by atomic mass is 16.5. The summed E-state index contributed by atoms with van der Waals surface area (Å²) in [7, 11) is 1.79. The molecule has 0 spiro atoms. The highest BCUT2D eigenvalue weighted by Gasteiger charge is 2.37. The molecule has 3 rings (SSSR count). The number of hydrogen-bond donors (Lipinski definition) is 2. The summed E-state index contributed by atoms with van der Waals surface area (Å²) in [6, 6.07) is 14.7. The van der Waals surface area contributed by atoms with E-state index in [1.807, 2.05) is 36.4 Å². The first-order valence-corrected chi connectivity index (χ1v) is 10.0. The molecule has 0 aromatic heterocycles. The van der Waals surface area contributed by atoms with Crippen LogP contribution in [0.15, 0.2) is 48.5 Å². The van der Waals surface area contributed by atoms with Crippen molar-refractivity contribution in [2.24, 2.45) is 11.7 Å². The number of likely N-dealkylation sites (N-methyl/N-ethyl adjacent to an activating group) is 1.